The Morgan fingerprint density at radius 3 is 2.70 bits per heavy atom. The van der Waals surface area contributed by atoms with E-state index in [2.05, 4.69) is 11.4 Å². The first-order chi connectivity index (χ1) is 9.63. The third kappa shape index (κ3) is 3.07. The Morgan fingerprint density at radius 2 is 2.05 bits per heavy atom. The standard InChI is InChI=1S/C16H15FN2O/c1-11-3-4-12(9-18)8-15(11)19-10-13-5-6-16(20-2)14(17)7-13/h3-8,19H,10H2,1-2H3. The molecule has 0 atom stereocenters. The van der Waals surface area contributed by atoms with Crippen molar-refractivity contribution in [2.24, 2.45) is 0 Å². The maximum atomic E-state index is 13.6. The molecule has 1 N–H and O–H groups in total. The summed E-state index contributed by atoms with van der Waals surface area (Å²) in [5, 5.41) is 12.1. The van der Waals surface area contributed by atoms with Gasteiger partial charge in [0.05, 0.1) is 18.7 Å². The molecule has 20 heavy (non-hydrogen) atoms. The van der Waals surface area contributed by atoms with Gasteiger partial charge in [0, 0.05) is 12.2 Å². The van der Waals surface area contributed by atoms with Crippen LogP contribution in [0.15, 0.2) is 36.4 Å². The fraction of sp³-hybridized carbons (Fsp3) is 0.188. The van der Waals surface area contributed by atoms with Gasteiger partial charge in [0.2, 0.25) is 0 Å². The van der Waals surface area contributed by atoms with E-state index in [1.165, 1.54) is 13.2 Å². The quantitative estimate of drug-likeness (QED) is 0.922. The van der Waals surface area contributed by atoms with E-state index in [0.717, 1.165) is 16.8 Å². The summed E-state index contributed by atoms with van der Waals surface area (Å²) >= 11 is 0. The van der Waals surface area contributed by atoms with Gasteiger partial charge in [0.15, 0.2) is 11.6 Å². The highest BCUT2D eigenvalue weighted by Gasteiger charge is 2.04. The molecule has 0 amide bonds. The van der Waals surface area contributed by atoms with Crippen LogP contribution < -0.4 is 10.1 Å². The first-order valence-corrected chi connectivity index (χ1v) is 6.21. The first-order valence-electron chi connectivity index (χ1n) is 6.21. The molecule has 2 aromatic carbocycles. The molecule has 0 bridgehead atoms. The van der Waals surface area contributed by atoms with Crippen molar-refractivity contribution in [1.82, 2.24) is 0 Å². The second-order valence-electron chi connectivity index (χ2n) is 4.46. The minimum absolute atomic E-state index is 0.233. The van der Waals surface area contributed by atoms with E-state index >= 15 is 0 Å². The molecule has 4 heteroatoms. The van der Waals surface area contributed by atoms with E-state index < -0.39 is 0 Å². The fourth-order valence-electron chi connectivity index (χ4n) is 1.90. The molecule has 0 saturated heterocycles. The van der Waals surface area contributed by atoms with Crippen molar-refractivity contribution in [3.8, 4) is 11.8 Å². The van der Waals surface area contributed by atoms with Crippen LogP contribution in [-0.2, 0) is 6.54 Å². The summed E-state index contributed by atoms with van der Waals surface area (Å²) in [5.41, 5.74) is 3.32. The summed E-state index contributed by atoms with van der Waals surface area (Å²) in [4.78, 5) is 0. The molecule has 0 spiro atoms. The highest BCUT2D eigenvalue weighted by molar-refractivity contribution is 5.55. The largest absolute Gasteiger partial charge is 0.494 e. The zero-order valence-electron chi connectivity index (χ0n) is 11.4. The fourth-order valence-corrected chi connectivity index (χ4v) is 1.90. The Bertz CT molecular complexity index is 662. The predicted molar refractivity (Wildman–Crippen MR) is 76.2 cm³/mol. The molecule has 0 aromatic heterocycles. The highest BCUT2D eigenvalue weighted by atomic mass is 19.1. The third-order valence-corrected chi connectivity index (χ3v) is 3.07. The average molecular weight is 270 g/mol. The van der Waals surface area contributed by atoms with Crippen molar-refractivity contribution in [1.29, 1.82) is 5.26 Å². The van der Waals surface area contributed by atoms with Crippen molar-refractivity contribution in [3.63, 3.8) is 0 Å². The second-order valence-corrected chi connectivity index (χ2v) is 4.46. The molecule has 0 heterocycles. The summed E-state index contributed by atoms with van der Waals surface area (Å²) in [7, 11) is 1.44. The van der Waals surface area contributed by atoms with Gasteiger partial charge in [0.1, 0.15) is 0 Å². The minimum Gasteiger partial charge on any atom is -0.494 e. The Kier molecular flexibility index (Phi) is 4.21. The van der Waals surface area contributed by atoms with Crippen LogP contribution in [-0.4, -0.2) is 7.11 Å². The molecule has 0 unspecified atom stereocenters. The SMILES string of the molecule is COc1ccc(CNc2cc(C#N)ccc2C)cc1F. The van der Waals surface area contributed by atoms with Gasteiger partial charge in [-0.15, -0.1) is 0 Å². The number of hydrogen-bond donors (Lipinski definition) is 1. The number of nitrogens with zero attached hydrogens (tertiary/aromatic N) is 1. The molecular weight excluding hydrogens is 255 g/mol. The number of methoxy groups -OCH3 is 1. The Labute approximate surface area is 117 Å². The molecule has 0 aliphatic carbocycles. The van der Waals surface area contributed by atoms with Gasteiger partial charge in [-0.1, -0.05) is 12.1 Å². The van der Waals surface area contributed by atoms with Gasteiger partial charge in [-0.2, -0.15) is 5.26 Å². The normalized spacial score (nSPS) is 9.90. The van der Waals surface area contributed by atoms with Crippen LogP contribution in [0.1, 0.15) is 16.7 Å². The number of anilines is 1. The summed E-state index contributed by atoms with van der Waals surface area (Å²) in [6.07, 6.45) is 0. The van der Waals surface area contributed by atoms with Crippen molar-refractivity contribution in [2.75, 3.05) is 12.4 Å². The van der Waals surface area contributed by atoms with Gasteiger partial charge < -0.3 is 10.1 Å². The average Bonchev–Trinajstić information content (AvgIpc) is 2.46. The molecule has 0 aliphatic heterocycles. The lowest BCUT2D eigenvalue weighted by Gasteiger charge is -2.11. The Balaban J connectivity index is 2.13. The van der Waals surface area contributed by atoms with Gasteiger partial charge in [0.25, 0.3) is 0 Å². The third-order valence-electron chi connectivity index (χ3n) is 3.07. The monoisotopic (exact) mass is 270 g/mol. The molecule has 0 saturated carbocycles. The number of aryl methyl sites for hydroxylation is 1. The number of rotatable bonds is 4. The van der Waals surface area contributed by atoms with Crippen molar-refractivity contribution >= 4 is 5.69 Å². The van der Waals surface area contributed by atoms with E-state index in [-0.39, 0.29) is 11.6 Å². The van der Waals surface area contributed by atoms with Crippen LogP contribution in [0, 0.1) is 24.1 Å². The summed E-state index contributed by atoms with van der Waals surface area (Å²) < 4.78 is 18.5. The summed E-state index contributed by atoms with van der Waals surface area (Å²) in [5.74, 6) is -0.147. The van der Waals surface area contributed by atoms with Crippen LogP contribution in [0.2, 0.25) is 0 Å². The van der Waals surface area contributed by atoms with Gasteiger partial charge in [-0.3, -0.25) is 0 Å². The van der Waals surface area contributed by atoms with E-state index in [0.29, 0.717) is 12.1 Å². The second kappa shape index (κ2) is 6.07. The molecule has 102 valence electrons. The maximum Gasteiger partial charge on any atom is 0.165 e. The minimum atomic E-state index is -0.380. The molecule has 0 fully saturated rings. The van der Waals surface area contributed by atoms with Gasteiger partial charge in [-0.05, 0) is 42.3 Å². The van der Waals surface area contributed by atoms with Crippen molar-refractivity contribution in [2.45, 2.75) is 13.5 Å². The van der Waals surface area contributed by atoms with Crippen molar-refractivity contribution in [3.05, 3.63) is 58.9 Å². The van der Waals surface area contributed by atoms with E-state index in [1.807, 2.05) is 13.0 Å². The Hall–Kier alpha value is -2.54. The van der Waals surface area contributed by atoms with Gasteiger partial charge >= 0.3 is 0 Å². The molecule has 3 nitrogen and oxygen atoms in total. The lowest BCUT2D eigenvalue weighted by Crippen LogP contribution is -2.02. The number of hydrogen-bond acceptors (Lipinski definition) is 3. The lowest BCUT2D eigenvalue weighted by atomic mass is 10.1. The topological polar surface area (TPSA) is 45.0 Å². The van der Waals surface area contributed by atoms with Gasteiger partial charge in [-0.25, -0.2) is 4.39 Å². The number of nitrogens with one attached hydrogen (secondary N) is 1. The first kappa shape index (κ1) is 13.9. The van der Waals surface area contributed by atoms with Crippen molar-refractivity contribution < 1.29 is 9.13 Å². The molecule has 2 aromatic rings. The number of halogens is 1. The Morgan fingerprint density at radius 1 is 1.25 bits per heavy atom. The lowest BCUT2D eigenvalue weighted by molar-refractivity contribution is 0.386. The van der Waals surface area contributed by atoms with Crippen LogP contribution in [0.4, 0.5) is 10.1 Å². The maximum absolute atomic E-state index is 13.6. The van der Waals surface area contributed by atoms with Crippen LogP contribution >= 0.6 is 0 Å². The van der Waals surface area contributed by atoms with Crippen LogP contribution in [0.25, 0.3) is 0 Å². The summed E-state index contributed by atoms with van der Waals surface area (Å²) in [6.45, 7) is 2.44. The van der Waals surface area contributed by atoms with Crippen LogP contribution in [0.5, 0.6) is 5.75 Å². The number of ether oxygens (including phenoxy) is 1. The molecule has 0 aliphatic rings. The van der Waals surface area contributed by atoms with Crippen LogP contribution in [0.3, 0.4) is 0 Å². The zero-order chi connectivity index (χ0) is 14.5. The van der Waals surface area contributed by atoms with E-state index in [1.54, 1.807) is 24.3 Å². The zero-order valence-corrected chi connectivity index (χ0v) is 11.4. The van der Waals surface area contributed by atoms with E-state index in [9.17, 15) is 4.39 Å². The molecular formula is C16H15FN2O. The number of nitriles is 1. The smallest absolute Gasteiger partial charge is 0.165 e. The van der Waals surface area contributed by atoms with E-state index in [4.69, 9.17) is 10.00 Å². The molecule has 0 radical (unpaired) electrons. The predicted octanol–water partition coefficient (Wildman–Crippen LogP) is 3.63. The highest BCUT2D eigenvalue weighted by Crippen LogP contribution is 2.20. The molecule has 2 rings (SSSR count). The number of benzene rings is 2. The summed E-state index contributed by atoms with van der Waals surface area (Å²) in [6, 6.07) is 12.4.